The van der Waals surface area contributed by atoms with Crippen molar-refractivity contribution in [1.29, 1.82) is 0 Å². The Bertz CT molecular complexity index is 1260. The van der Waals surface area contributed by atoms with Crippen molar-refractivity contribution in [3.8, 4) is 22.3 Å². The van der Waals surface area contributed by atoms with Crippen LogP contribution in [-0.4, -0.2) is 11.1 Å². The molecule has 0 heterocycles. The minimum atomic E-state index is -0.899. The molecule has 0 saturated carbocycles. The van der Waals surface area contributed by atoms with Crippen LogP contribution in [0.2, 0.25) is 0 Å². The minimum Gasteiger partial charge on any atom is -0.478 e. The van der Waals surface area contributed by atoms with Gasteiger partial charge in [0.2, 0.25) is 0 Å². The lowest BCUT2D eigenvalue weighted by molar-refractivity contribution is 0.0698. The van der Waals surface area contributed by atoms with Crippen molar-refractivity contribution >= 4 is 16.7 Å². The van der Waals surface area contributed by atoms with Crippen LogP contribution in [0.1, 0.15) is 35.3 Å². The van der Waals surface area contributed by atoms with Crippen molar-refractivity contribution in [2.75, 3.05) is 0 Å². The third-order valence-corrected chi connectivity index (χ3v) is 6.03. The van der Waals surface area contributed by atoms with Crippen molar-refractivity contribution in [3.63, 3.8) is 0 Å². The van der Waals surface area contributed by atoms with Gasteiger partial charge in [-0.3, -0.25) is 0 Å². The van der Waals surface area contributed by atoms with Gasteiger partial charge < -0.3 is 5.11 Å². The van der Waals surface area contributed by atoms with Gasteiger partial charge in [0.25, 0.3) is 0 Å². The van der Waals surface area contributed by atoms with E-state index in [1.54, 1.807) is 6.07 Å². The van der Waals surface area contributed by atoms with Crippen LogP contribution in [0, 0.1) is 0 Å². The largest absolute Gasteiger partial charge is 0.478 e. The average molecular weight is 364 g/mol. The molecule has 1 aliphatic rings. The van der Waals surface area contributed by atoms with Crippen LogP contribution in [0.15, 0.2) is 78.9 Å². The van der Waals surface area contributed by atoms with Gasteiger partial charge in [-0.25, -0.2) is 4.79 Å². The van der Waals surface area contributed by atoms with Crippen molar-refractivity contribution < 1.29 is 9.90 Å². The number of carboxylic acids is 1. The van der Waals surface area contributed by atoms with Gasteiger partial charge in [-0.15, -0.1) is 0 Å². The third kappa shape index (κ3) is 2.24. The Hall–Kier alpha value is -3.39. The smallest absolute Gasteiger partial charge is 0.336 e. The van der Waals surface area contributed by atoms with E-state index in [-0.39, 0.29) is 5.41 Å². The molecule has 1 aliphatic carbocycles. The van der Waals surface area contributed by atoms with E-state index in [4.69, 9.17) is 0 Å². The van der Waals surface area contributed by atoms with Gasteiger partial charge in [-0.2, -0.15) is 0 Å². The number of hydrogen-bond donors (Lipinski definition) is 1. The maximum absolute atomic E-state index is 12.0. The van der Waals surface area contributed by atoms with Gasteiger partial charge in [0.15, 0.2) is 0 Å². The van der Waals surface area contributed by atoms with Crippen LogP contribution in [0.25, 0.3) is 33.0 Å². The first kappa shape index (κ1) is 16.8. The fraction of sp³-hybridized carbons (Fsp3) is 0.115. The second kappa shape index (κ2) is 5.80. The SMILES string of the molecule is CC1(C)c2ccccc2-c2ccc(-c3c(C(=O)O)ccc4ccccc34)cc21. The summed E-state index contributed by atoms with van der Waals surface area (Å²) in [7, 11) is 0. The normalized spacial score (nSPS) is 13.9. The number of carboxylic acid groups (broad SMARTS) is 1. The number of fused-ring (bicyclic) bond motifs is 4. The van der Waals surface area contributed by atoms with E-state index in [2.05, 4.69) is 56.3 Å². The zero-order chi connectivity index (χ0) is 19.5. The van der Waals surface area contributed by atoms with E-state index >= 15 is 0 Å². The highest BCUT2D eigenvalue weighted by Crippen LogP contribution is 2.50. The molecule has 0 bridgehead atoms. The Morgan fingerprint density at radius 2 is 1.50 bits per heavy atom. The molecule has 0 aromatic heterocycles. The Balaban J connectivity index is 1.81. The van der Waals surface area contributed by atoms with Gasteiger partial charge >= 0.3 is 5.97 Å². The summed E-state index contributed by atoms with van der Waals surface area (Å²) in [6.45, 7) is 4.48. The van der Waals surface area contributed by atoms with Crippen LogP contribution in [0.5, 0.6) is 0 Å². The molecule has 0 unspecified atom stereocenters. The van der Waals surface area contributed by atoms with Crippen LogP contribution in [-0.2, 0) is 5.41 Å². The molecule has 0 spiro atoms. The first-order chi connectivity index (χ1) is 13.5. The maximum atomic E-state index is 12.0. The summed E-state index contributed by atoms with van der Waals surface area (Å²) in [4.78, 5) is 12.0. The van der Waals surface area contributed by atoms with Gasteiger partial charge in [0, 0.05) is 11.0 Å². The molecule has 4 aromatic carbocycles. The van der Waals surface area contributed by atoms with E-state index in [9.17, 15) is 9.90 Å². The predicted octanol–water partition coefficient (Wildman–Crippen LogP) is 6.51. The summed E-state index contributed by atoms with van der Waals surface area (Å²) in [6.07, 6.45) is 0. The van der Waals surface area contributed by atoms with Gasteiger partial charge in [-0.1, -0.05) is 80.6 Å². The van der Waals surface area contributed by atoms with Crippen molar-refractivity contribution in [2.45, 2.75) is 19.3 Å². The fourth-order valence-corrected chi connectivity index (χ4v) is 4.62. The highest BCUT2D eigenvalue weighted by atomic mass is 16.4. The molecule has 4 aromatic rings. The Kier molecular flexibility index (Phi) is 3.47. The highest BCUT2D eigenvalue weighted by Gasteiger charge is 2.35. The van der Waals surface area contributed by atoms with E-state index in [1.165, 1.54) is 22.3 Å². The van der Waals surface area contributed by atoms with Gasteiger partial charge in [0.05, 0.1) is 5.56 Å². The lowest BCUT2D eigenvalue weighted by atomic mass is 9.81. The topological polar surface area (TPSA) is 37.3 Å². The molecule has 0 amide bonds. The molecule has 2 heteroatoms. The minimum absolute atomic E-state index is 0.115. The van der Waals surface area contributed by atoms with Crippen molar-refractivity contribution in [1.82, 2.24) is 0 Å². The first-order valence-electron chi connectivity index (χ1n) is 9.48. The molecule has 0 saturated heterocycles. The Morgan fingerprint density at radius 1 is 0.786 bits per heavy atom. The third-order valence-electron chi connectivity index (χ3n) is 6.03. The molecule has 0 aliphatic heterocycles. The molecular weight excluding hydrogens is 344 g/mol. The number of aromatic carboxylic acids is 1. The molecule has 0 atom stereocenters. The zero-order valence-electron chi connectivity index (χ0n) is 15.9. The first-order valence-corrected chi connectivity index (χ1v) is 9.48. The van der Waals surface area contributed by atoms with Gasteiger partial charge in [-0.05, 0) is 50.7 Å². The second-order valence-electron chi connectivity index (χ2n) is 7.95. The molecule has 5 rings (SSSR count). The fourth-order valence-electron chi connectivity index (χ4n) is 4.62. The molecule has 136 valence electrons. The monoisotopic (exact) mass is 364 g/mol. The van der Waals surface area contributed by atoms with Gasteiger partial charge in [0.1, 0.15) is 0 Å². The summed E-state index contributed by atoms with van der Waals surface area (Å²) in [5.41, 5.74) is 7.04. The van der Waals surface area contributed by atoms with Crippen molar-refractivity contribution in [2.24, 2.45) is 0 Å². The number of carbonyl (C=O) groups is 1. The van der Waals surface area contributed by atoms with E-state index in [1.807, 2.05) is 30.3 Å². The Morgan fingerprint density at radius 3 is 2.32 bits per heavy atom. The predicted molar refractivity (Wildman–Crippen MR) is 114 cm³/mol. The molecule has 1 N–H and O–H groups in total. The standard InChI is InChI=1S/C26H20O2/c1-26(2)22-10-6-5-9-19(22)20-13-12-17(15-23(20)26)24-18-8-4-3-7-16(18)11-14-21(24)25(27)28/h3-15H,1-2H3,(H,27,28). The number of benzene rings is 4. The van der Waals surface area contributed by atoms with E-state index in [0.717, 1.165) is 21.9 Å². The van der Waals surface area contributed by atoms with Crippen LogP contribution >= 0.6 is 0 Å². The Labute approximate surface area is 164 Å². The number of rotatable bonds is 2. The summed E-state index contributed by atoms with van der Waals surface area (Å²) < 4.78 is 0. The summed E-state index contributed by atoms with van der Waals surface area (Å²) in [6, 6.07) is 26.5. The maximum Gasteiger partial charge on any atom is 0.336 e. The summed E-state index contributed by atoms with van der Waals surface area (Å²) in [5.74, 6) is -0.899. The second-order valence-corrected chi connectivity index (χ2v) is 7.95. The molecule has 2 nitrogen and oxygen atoms in total. The van der Waals surface area contributed by atoms with Crippen LogP contribution < -0.4 is 0 Å². The zero-order valence-corrected chi connectivity index (χ0v) is 15.9. The lowest BCUT2D eigenvalue weighted by Crippen LogP contribution is -2.15. The molecule has 0 radical (unpaired) electrons. The van der Waals surface area contributed by atoms with E-state index in [0.29, 0.717) is 5.56 Å². The molecule has 0 fully saturated rings. The van der Waals surface area contributed by atoms with E-state index < -0.39 is 5.97 Å². The lowest BCUT2D eigenvalue weighted by Gasteiger charge is -2.22. The highest BCUT2D eigenvalue weighted by molar-refractivity contribution is 6.08. The summed E-state index contributed by atoms with van der Waals surface area (Å²) >= 11 is 0. The van der Waals surface area contributed by atoms with Crippen LogP contribution in [0.3, 0.4) is 0 Å². The molecular formula is C26H20O2. The quantitative estimate of drug-likeness (QED) is 0.440. The summed E-state index contributed by atoms with van der Waals surface area (Å²) in [5, 5.41) is 11.8. The molecule has 28 heavy (non-hydrogen) atoms. The number of hydrogen-bond acceptors (Lipinski definition) is 1. The van der Waals surface area contributed by atoms with Crippen molar-refractivity contribution in [3.05, 3.63) is 95.6 Å². The average Bonchev–Trinajstić information content (AvgIpc) is 2.94. The van der Waals surface area contributed by atoms with Crippen LogP contribution in [0.4, 0.5) is 0 Å².